The SMILES string of the molecule is COC1c2ccccc2C(=O)N1CCCN1CCN(c2ccc(Cl)cc2)CC1.O=C(O)C(=O)O. The molecule has 182 valence electrons. The lowest BCUT2D eigenvalue weighted by atomic mass is 10.1. The summed E-state index contributed by atoms with van der Waals surface area (Å²) in [6, 6.07) is 15.8. The summed E-state index contributed by atoms with van der Waals surface area (Å²) in [5, 5.41) is 15.6. The van der Waals surface area contributed by atoms with Gasteiger partial charge < -0.3 is 24.7 Å². The lowest BCUT2D eigenvalue weighted by molar-refractivity contribution is -0.159. The minimum atomic E-state index is -1.82. The minimum Gasteiger partial charge on any atom is -0.473 e. The zero-order valence-corrected chi connectivity index (χ0v) is 19.6. The van der Waals surface area contributed by atoms with Gasteiger partial charge in [-0.3, -0.25) is 9.69 Å². The van der Waals surface area contributed by atoms with Gasteiger partial charge in [-0.2, -0.15) is 0 Å². The van der Waals surface area contributed by atoms with E-state index in [0.29, 0.717) is 6.54 Å². The zero-order chi connectivity index (χ0) is 24.7. The third-order valence-electron chi connectivity index (χ3n) is 5.84. The molecule has 0 aliphatic carbocycles. The number of carbonyl (C=O) groups excluding carboxylic acids is 1. The summed E-state index contributed by atoms with van der Waals surface area (Å²) in [6.07, 6.45) is 0.686. The number of carboxylic acids is 2. The Morgan fingerprint density at radius 3 is 2.18 bits per heavy atom. The van der Waals surface area contributed by atoms with Gasteiger partial charge in [0.1, 0.15) is 0 Å². The lowest BCUT2D eigenvalue weighted by Crippen LogP contribution is -2.47. The summed E-state index contributed by atoms with van der Waals surface area (Å²) in [4.78, 5) is 37.6. The molecule has 34 heavy (non-hydrogen) atoms. The quantitative estimate of drug-likeness (QED) is 0.596. The van der Waals surface area contributed by atoms with Gasteiger partial charge in [0.05, 0.1) is 0 Å². The van der Waals surface area contributed by atoms with Crippen LogP contribution in [0, 0.1) is 0 Å². The van der Waals surface area contributed by atoms with Crippen molar-refractivity contribution in [3.63, 3.8) is 0 Å². The van der Waals surface area contributed by atoms with E-state index in [1.807, 2.05) is 41.3 Å². The van der Waals surface area contributed by atoms with Crippen LogP contribution in [0.25, 0.3) is 0 Å². The highest BCUT2D eigenvalue weighted by Crippen LogP contribution is 2.33. The van der Waals surface area contributed by atoms with Crippen molar-refractivity contribution in [3.05, 3.63) is 64.7 Å². The molecule has 0 radical (unpaired) electrons. The van der Waals surface area contributed by atoms with Crippen LogP contribution in [0.15, 0.2) is 48.5 Å². The molecule has 2 N–H and O–H groups in total. The highest BCUT2D eigenvalue weighted by molar-refractivity contribution is 6.30. The van der Waals surface area contributed by atoms with Crippen LogP contribution in [0.2, 0.25) is 5.02 Å². The Bertz CT molecular complexity index is 996. The van der Waals surface area contributed by atoms with Crippen molar-refractivity contribution in [1.29, 1.82) is 0 Å². The maximum atomic E-state index is 12.7. The first-order chi connectivity index (χ1) is 16.3. The van der Waals surface area contributed by atoms with Crippen molar-refractivity contribution in [2.45, 2.75) is 12.6 Å². The molecule has 2 heterocycles. The molecular formula is C24H28ClN3O6. The molecule has 10 heteroatoms. The second kappa shape index (κ2) is 11.8. The summed E-state index contributed by atoms with van der Waals surface area (Å²) in [6.45, 7) is 5.79. The molecule has 1 amide bonds. The van der Waals surface area contributed by atoms with Crippen LogP contribution >= 0.6 is 11.6 Å². The van der Waals surface area contributed by atoms with Crippen molar-refractivity contribution < 1.29 is 29.3 Å². The molecule has 2 aliphatic rings. The Morgan fingerprint density at radius 2 is 1.59 bits per heavy atom. The van der Waals surface area contributed by atoms with Crippen molar-refractivity contribution in [2.24, 2.45) is 0 Å². The molecule has 9 nitrogen and oxygen atoms in total. The standard InChI is InChI=1S/C22H26ClN3O2.C2H2O4/c1-28-22-20-6-3-2-5-19(20)21(27)26(22)12-4-11-24-13-15-25(16-14-24)18-9-7-17(23)8-10-18;3-1(4)2(5)6/h2-3,5-10,22H,4,11-16H2,1H3;(H,3,4)(H,5,6). The van der Waals surface area contributed by atoms with Gasteiger partial charge in [-0.1, -0.05) is 29.8 Å². The number of rotatable bonds is 6. The number of methoxy groups -OCH3 is 1. The van der Waals surface area contributed by atoms with Gasteiger partial charge in [-0.25, -0.2) is 9.59 Å². The van der Waals surface area contributed by atoms with E-state index in [-0.39, 0.29) is 12.1 Å². The number of ether oxygens (including phenoxy) is 1. The number of piperazine rings is 1. The van der Waals surface area contributed by atoms with E-state index in [9.17, 15) is 4.79 Å². The van der Waals surface area contributed by atoms with Crippen LogP contribution < -0.4 is 4.90 Å². The van der Waals surface area contributed by atoms with Crippen molar-refractivity contribution in [1.82, 2.24) is 9.80 Å². The number of carboxylic acid groups (broad SMARTS) is 2. The first kappa shape index (κ1) is 25.5. The van der Waals surface area contributed by atoms with Crippen molar-refractivity contribution in [2.75, 3.05) is 51.3 Å². The fourth-order valence-electron chi connectivity index (χ4n) is 4.16. The average molecular weight is 490 g/mol. The second-order valence-corrected chi connectivity index (χ2v) is 8.38. The monoisotopic (exact) mass is 489 g/mol. The third-order valence-corrected chi connectivity index (χ3v) is 6.10. The summed E-state index contributed by atoms with van der Waals surface area (Å²) < 4.78 is 5.61. The predicted molar refractivity (Wildman–Crippen MR) is 127 cm³/mol. The molecule has 2 aromatic rings. The number of amides is 1. The first-order valence-corrected chi connectivity index (χ1v) is 11.3. The predicted octanol–water partition coefficient (Wildman–Crippen LogP) is 2.81. The number of carbonyl (C=O) groups is 3. The molecule has 1 fully saturated rings. The maximum absolute atomic E-state index is 12.7. The van der Waals surface area contributed by atoms with E-state index in [1.54, 1.807) is 7.11 Å². The molecule has 0 aromatic heterocycles. The van der Waals surface area contributed by atoms with Crippen molar-refractivity contribution in [3.8, 4) is 0 Å². The zero-order valence-electron chi connectivity index (χ0n) is 18.9. The first-order valence-electron chi connectivity index (χ1n) is 10.9. The topological polar surface area (TPSA) is 111 Å². The number of fused-ring (bicyclic) bond motifs is 1. The number of anilines is 1. The summed E-state index contributed by atoms with van der Waals surface area (Å²) in [5.74, 6) is -3.57. The number of halogens is 1. The Balaban J connectivity index is 0.000000481. The highest BCUT2D eigenvalue weighted by atomic mass is 35.5. The van der Waals surface area contributed by atoms with Gasteiger partial charge in [0, 0.05) is 61.7 Å². The fraction of sp³-hybridized carbons (Fsp3) is 0.375. The molecule has 1 saturated heterocycles. The molecule has 0 spiro atoms. The van der Waals surface area contributed by atoms with Crippen LogP contribution in [-0.2, 0) is 14.3 Å². The van der Waals surface area contributed by atoms with E-state index in [4.69, 9.17) is 36.1 Å². The van der Waals surface area contributed by atoms with Gasteiger partial charge in [0.15, 0.2) is 6.23 Å². The summed E-state index contributed by atoms with van der Waals surface area (Å²) in [7, 11) is 1.67. The van der Waals surface area contributed by atoms with Gasteiger partial charge in [-0.05, 0) is 43.3 Å². The van der Waals surface area contributed by atoms with Gasteiger partial charge in [0.2, 0.25) is 0 Å². The number of benzene rings is 2. The van der Waals surface area contributed by atoms with Gasteiger partial charge in [-0.15, -0.1) is 0 Å². The van der Waals surface area contributed by atoms with Crippen LogP contribution in [0.3, 0.4) is 0 Å². The molecular weight excluding hydrogens is 462 g/mol. The maximum Gasteiger partial charge on any atom is 0.414 e. The van der Waals surface area contributed by atoms with E-state index >= 15 is 0 Å². The largest absolute Gasteiger partial charge is 0.473 e. The second-order valence-electron chi connectivity index (χ2n) is 7.94. The number of hydrogen-bond donors (Lipinski definition) is 2. The number of aliphatic carboxylic acids is 2. The number of nitrogens with zero attached hydrogens (tertiary/aromatic N) is 3. The highest BCUT2D eigenvalue weighted by Gasteiger charge is 2.36. The average Bonchev–Trinajstić information content (AvgIpc) is 3.11. The van der Waals surface area contributed by atoms with E-state index in [1.165, 1.54) is 5.69 Å². The smallest absolute Gasteiger partial charge is 0.414 e. The van der Waals surface area contributed by atoms with Gasteiger partial charge >= 0.3 is 11.9 Å². The third kappa shape index (κ3) is 6.25. The Morgan fingerprint density at radius 1 is 0.971 bits per heavy atom. The Labute approximate surface area is 203 Å². The van der Waals surface area contributed by atoms with Crippen LogP contribution in [0.1, 0.15) is 28.6 Å². The van der Waals surface area contributed by atoms with Crippen LogP contribution in [0.5, 0.6) is 0 Å². The van der Waals surface area contributed by atoms with E-state index < -0.39 is 11.9 Å². The number of hydrogen-bond acceptors (Lipinski definition) is 6. The van der Waals surface area contributed by atoms with Crippen LogP contribution in [-0.4, -0.2) is 84.2 Å². The summed E-state index contributed by atoms with van der Waals surface area (Å²) >= 11 is 5.98. The fourth-order valence-corrected chi connectivity index (χ4v) is 4.28. The Kier molecular flexibility index (Phi) is 8.86. The van der Waals surface area contributed by atoms with Gasteiger partial charge in [0.25, 0.3) is 5.91 Å². The van der Waals surface area contributed by atoms with E-state index in [2.05, 4.69) is 21.9 Å². The minimum absolute atomic E-state index is 0.0787. The van der Waals surface area contributed by atoms with Crippen LogP contribution in [0.4, 0.5) is 5.69 Å². The lowest BCUT2D eigenvalue weighted by Gasteiger charge is -2.36. The Hall–Kier alpha value is -3.14. The molecule has 2 aromatic carbocycles. The molecule has 0 bridgehead atoms. The molecule has 1 atom stereocenters. The van der Waals surface area contributed by atoms with E-state index in [0.717, 1.165) is 55.3 Å². The molecule has 2 aliphatic heterocycles. The summed E-state index contributed by atoms with van der Waals surface area (Å²) in [5.41, 5.74) is 2.98. The normalized spacial score (nSPS) is 17.7. The molecule has 0 saturated carbocycles. The van der Waals surface area contributed by atoms with Crippen molar-refractivity contribution >= 4 is 35.1 Å². The molecule has 4 rings (SSSR count). The molecule has 1 unspecified atom stereocenters.